The minimum atomic E-state index is -0.242. The number of nitrogens with zero attached hydrogens (tertiary/aromatic N) is 1. The van der Waals surface area contributed by atoms with E-state index in [0.29, 0.717) is 19.1 Å². The molecule has 0 radical (unpaired) electrons. The fraction of sp³-hybridized carbons (Fsp3) is 0.909. The van der Waals surface area contributed by atoms with Crippen molar-refractivity contribution in [3.8, 4) is 0 Å². The van der Waals surface area contributed by atoms with Gasteiger partial charge in [-0.3, -0.25) is 9.69 Å². The summed E-state index contributed by atoms with van der Waals surface area (Å²) < 4.78 is 10.3. The average Bonchev–Trinajstić information content (AvgIpc) is 2.27. The van der Waals surface area contributed by atoms with E-state index in [1.165, 1.54) is 0 Å². The lowest BCUT2D eigenvalue weighted by Gasteiger charge is -2.38. The predicted octanol–water partition coefficient (Wildman–Crippen LogP) is 0.191. The van der Waals surface area contributed by atoms with Crippen LogP contribution in [0.5, 0.6) is 0 Å². The monoisotopic (exact) mass is 230 g/mol. The van der Waals surface area contributed by atoms with Crippen molar-refractivity contribution in [2.75, 3.05) is 27.3 Å². The Balaban J connectivity index is 2.52. The van der Waals surface area contributed by atoms with Crippen molar-refractivity contribution in [3.63, 3.8) is 0 Å². The second-order valence-electron chi connectivity index (χ2n) is 4.38. The first-order chi connectivity index (χ1) is 7.58. The Hall–Kier alpha value is -0.650. The van der Waals surface area contributed by atoms with Crippen LogP contribution in [0.15, 0.2) is 0 Å². The third-order valence-electron chi connectivity index (χ3n) is 3.32. The lowest BCUT2D eigenvalue weighted by atomic mass is 9.93. The minimum Gasteiger partial charge on any atom is -0.369 e. The standard InChI is InChI=1S/C11H22N2O3/c1-8-4-5-9(11(12)14)6-13(8)7-10(15-2)16-3/h8-10H,4-7H2,1-3H3,(H2,12,14). The molecule has 2 atom stereocenters. The number of carbonyl (C=O) groups excluding carboxylic acids is 1. The van der Waals surface area contributed by atoms with E-state index in [4.69, 9.17) is 15.2 Å². The van der Waals surface area contributed by atoms with Crippen LogP contribution in [0.4, 0.5) is 0 Å². The molecule has 0 spiro atoms. The number of methoxy groups -OCH3 is 2. The highest BCUT2D eigenvalue weighted by Gasteiger charge is 2.29. The van der Waals surface area contributed by atoms with Crippen molar-refractivity contribution in [1.82, 2.24) is 4.90 Å². The average molecular weight is 230 g/mol. The molecule has 0 bridgehead atoms. The van der Waals surface area contributed by atoms with E-state index in [1.807, 2.05) is 0 Å². The fourth-order valence-corrected chi connectivity index (χ4v) is 2.10. The molecule has 1 aliphatic heterocycles. The van der Waals surface area contributed by atoms with Crippen LogP contribution in [0.1, 0.15) is 19.8 Å². The van der Waals surface area contributed by atoms with Gasteiger partial charge in [-0.15, -0.1) is 0 Å². The van der Waals surface area contributed by atoms with Gasteiger partial charge in [0.2, 0.25) is 5.91 Å². The SMILES string of the molecule is COC(CN1CC(C(N)=O)CCC1C)OC. The number of likely N-dealkylation sites (tertiary alicyclic amines) is 1. The van der Waals surface area contributed by atoms with Crippen LogP contribution in [-0.4, -0.2) is 50.4 Å². The molecular weight excluding hydrogens is 208 g/mol. The number of hydrogen-bond donors (Lipinski definition) is 1. The van der Waals surface area contributed by atoms with Crippen molar-refractivity contribution in [3.05, 3.63) is 0 Å². The fourth-order valence-electron chi connectivity index (χ4n) is 2.10. The highest BCUT2D eigenvalue weighted by atomic mass is 16.7. The molecule has 2 N–H and O–H groups in total. The second kappa shape index (κ2) is 6.18. The molecular formula is C11H22N2O3. The van der Waals surface area contributed by atoms with Gasteiger partial charge in [-0.2, -0.15) is 0 Å². The van der Waals surface area contributed by atoms with E-state index in [2.05, 4.69) is 11.8 Å². The molecule has 16 heavy (non-hydrogen) atoms. The number of amides is 1. The van der Waals surface area contributed by atoms with Crippen LogP contribution < -0.4 is 5.73 Å². The largest absolute Gasteiger partial charge is 0.369 e. The van der Waals surface area contributed by atoms with Gasteiger partial charge in [-0.25, -0.2) is 0 Å². The van der Waals surface area contributed by atoms with E-state index in [-0.39, 0.29) is 18.1 Å². The number of nitrogens with two attached hydrogens (primary N) is 1. The van der Waals surface area contributed by atoms with E-state index in [9.17, 15) is 4.79 Å². The van der Waals surface area contributed by atoms with Crippen LogP contribution in [0, 0.1) is 5.92 Å². The quantitative estimate of drug-likeness (QED) is 0.685. The van der Waals surface area contributed by atoms with Crippen molar-refractivity contribution < 1.29 is 14.3 Å². The summed E-state index contributed by atoms with van der Waals surface area (Å²) in [5.74, 6) is -0.242. The molecule has 94 valence electrons. The molecule has 0 aromatic heterocycles. The molecule has 5 nitrogen and oxygen atoms in total. The summed E-state index contributed by atoms with van der Waals surface area (Å²) >= 11 is 0. The molecule has 1 saturated heterocycles. The molecule has 1 amide bonds. The van der Waals surface area contributed by atoms with Crippen molar-refractivity contribution in [1.29, 1.82) is 0 Å². The Morgan fingerprint density at radius 2 is 2.06 bits per heavy atom. The summed E-state index contributed by atoms with van der Waals surface area (Å²) in [5, 5.41) is 0. The zero-order valence-electron chi connectivity index (χ0n) is 10.3. The summed E-state index contributed by atoms with van der Waals surface area (Å²) in [6, 6.07) is 0.448. The summed E-state index contributed by atoms with van der Waals surface area (Å²) in [4.78, 5) is 13.4. The van der Waals surface area contributed by atoms with Crippen LogP contribution >= 0.6 is 0 Å². The van der Waals surface area contributed by atoms with Gasteiger partial charge in [0.15, 0.2) is 6.29 Å². The summed E-state index contributed by atoms with van der Waals surface area (Å²) in [7, 11) is 3.24. The minimum absolute atomic E-state index is 0.0365. The highest BCUT2D eigenvalue weighted by molar-refractivity contribution is 5.76. The Morgan fingerprint density at radius 3 is 2.56 bits per heavy atom. The molecule has 0 aliphatic carbocycles. The van der Waals surface area contributed by atoms with Gasteiger partial charge in [-0.05, 0) is 19.8 Å². The molecule has 1 rings (SSSR count). The summed E-state index contributed by atoms with van der Waals surface area (Å²) in [6.07, 6.45) is 1.64. The Kier molecular flexibility index (Phi) is 5.18. The number of hydrogen-bond acceptors (Lipinski definition) is 4. The lowest BCUT2D eigenvalue weighted by molar-refractivity contribution is -0.133. The normalized spacial score (nSPS) is 27.2. The first kappa shape index (κ1) is 13.4. The van der Waals surface area contributed by atoms with E-state index >= 15 is 0 Å². The summed E-state index contributed by atoms with van der Waals surface area (Å²) in [5.41, 5.74) is 5.34. The van der Waals surface area contributed by atoms with Gasteiger partial charge in [0.05, 0.1) is 5.92 Å². The van der Waals surface area contributed by atoms with E-state index in [1.54, 1.807) is 14.2 Å². The molecule has 0 saturated carbocycles. The van der Waals surface area contributed by atoms with Gasteiger partial charge in [0.25, 0.3) is 0 Å². The molecule has 5 heteroatoms. The third kappa shape index (κ3) is 3.43. The molecule has 2 unspecified atom stereocenters. The molecule has 1 fully saturated rings. The first-order valence-electron chi connectivity index (χ1n) is 5.67. The van der Waals surface area contributed by atoms with Gasteiger partial charge >= 0.3 is 0 Å². The van der Waals surface area contributed by atoms with Gasteiger partial charge in [0.1, 0.15) is 0 Å². The maximum absolute atomic E-state index is 11.2. The molecule has 1 heterocycles. The van der Waals surface area contributed by atoms with Crippen LogP contribution in [0.25, 0.3) is 0 Å². The molecule has 0 aromatic carbocycles. The second-order valence-corrected chi connectivity index (χ2v) is 4.38. The van der Waals surface area contributed by atoms with E-state index in [0.717, 1.165) is 12.8 Å². The maximum Gasteiger partial charge on any atom is 0.221 e. The highest BCUT2D eigenvalue weighted by Crippen LogP contribution is 2.22. The zero-order chi connectivity index (χ0) is 12.1. The molecule has 0 aromatic rings. The number of ether oxygens (including phenoxy) is 2. The number of primary amides is 1. The van der Waals surface area contributed by atoms with E-state index < -0.39 is 0 Å². The van der Waals surface area contributed by atoms with Gasteiger partial charge in [0, 0.05) is 33.4 Å². The van der Waals surface area contributed by atoms with Crippen molar-refractivity contribution in [2.45, 2.75) is 32.1 Å². The Morgan fingerprint density at radius 1 is 1.44 bits per heavy atom. The van der Waals surface area contributed by atoms with Crippen molar-refractivity contribution >= 4 is 5.91 Å². The Bertz CT molecular complexity index is 231. The number of piperidine rings is 1. The predicted molar refractivity (Wildman–Crippen MR) is 60.8 cm³/mol. The third-order valence-corrected chi connectivity index (χ3v) is 3.32. The smallest absolute Gasteiger partial charge is 0.221 e. The van der Waals surface area contributed by atoms with Crippen LogP contribution in [0.3, 0.4) is 0 Å². The van der Waals surface area contributed by atoms with Gasteiger partial charge < -0.3 is 15.2 Å². The lowest BCUT2D eigenvalue weighted by Crippen LogP contribution is -2.48. The van der Waals surface area contributed by atoms with Gasteiger partial charge in [-0.1, -0.05) is 0 Å². The summed E-state index contributed by atoms with van der Waals surface area (Å²) in [6.45, 7) is 3.54. The first-order valence-corrected chi connectivity index (χ1v) is 5.67. The Labute approximate surface area is 96.9 Å². The van der Waals surface area contributed by atoms with Crippen LogP contribution in [-0.2, 0) is 14.3 Å². The maximum atomic E-state index is 11.2. The zero-order valence-corrected chi connectivity index (χ0v) is 10.3. The number of rotatable bonds is 5. The van der Waals surface area contributed by atoms with Crippen molar-refractivity contribution in [2.24, 2.45) is 11.7 Å². The topological polar surface area (TPSA) is 64.8 Å². The number of carbonyl (C=O) groups is 1. The molecule has 1 aliphatic rings. The van der Waals surface area contributed by atoms with Crippen LogP contribution in [0.2, 0.25) is 0 Å².